The summed E-state index contributed by atoms with van der Waals surface area (Å²) in [4.78, 5) is 2.34. The number of methoxy groups -OCH3 is 2. The van der Waals surface area contributed by atoms with Crippen LogP contribution in [0.25, 0.3) is 5.57 Å². The van der Waals surface area contributed by atoms with Crippen molar-refractivity contribution in [3.63, 3.8) is 0 Å². The van der Waals surface area contributed by atoms with Crippen LogP contribution in [0.5, 0.6) is 17.2 Å². The molecule has 0 aromatic heterocycles. The Morgan fingerprint density at radius 2 is 1.64 bits per heavy atom. The average molecular weight is 339 g/mol. The highest BCUT2D eigenvalue weighted by atomic mass is 16.5. The largest absolute Gasteiger partial charge is 0.508 e. The zero-order valence-electron chi connectivity index (χ0n) is 15.5. The number of ether oxygens (including phenoxy) is 2. The zero-order chi connectivity index (χ0) is 18.2. The third-order valence-corrected chi connectivity index (χ3v) is 4.71. The monoisotopic (exact) mass is 339 g/mol. The van der Waals surface area contributed by atoms with Gasteiger partial charge in [0.2, 0.25) is 0 Å². The van der Waals surface area contributed by atoms with Gasteiger partial charge in [0.1, 0.15) is 17.2 Å². The molecular weight excluding hydrogens is 314 g/mol. The van der Waals surface area contributed by atoms with E-state index in [1.807, 2.05) is 30.3 Å². The predicted molar refractivity (Wildman–Crippen MR) is 102 cm³/mol. The Balaban J connectivity index is 2.05. The van der Waals surface area contributed by atoms with Crippen molar-refractivity contribution in [1.82, 2.24) is 0 Å². The first-order chi connectivity index (χ1) is 11.8. The lowest BCUT2D eigenvalue weighted by Gasteiger charge is -2.43. The first-order valence-electron chi connectivity index (χ1n) is 8.36. The van der Waals surface area contributed by atoms with Gasteiger partial charge in [-0.25, -0.2) is 0 Å². The lowest BCUT2D eigenvalue weighted by atomic mass is 9.88. The number of allylic oxidation sites excluding steroid dienone is 1. The van der Waals surface area contributed by atoms with Gasteiger partial charge in [-0.1, -0.05) is 6.08 Å². The fourth-order valence-corrected chi connectivity index (χ4v) is 3.50. The van der Waals surface area contributed by atoms with Gasteiger partial charge >= 0.3 is 0 Å². The Morgan fingerprint density at radius 1 is 1.00 bits per heavy atom. The van der Waals surface area contributed by atoms with Crippen molar-refractivity contribution in [3.05, 3.63) is 53.6 Å². The Labute approximate surface area is 149 Å². The topological polar surface area (TPSA) is 41.9 Å². The van der Waals surface area contributed by atoms with E-state index in [1.165, 1.54) is 5.57 Å². The van der Waals surface area contributed by atoms with E-state index in [0.717, 1.165) is 28.3 Å². The standard InChI is InChI=1S/C21H25NO3/c1-14-12-21(2,3)22(20-7-6-16(23)10-19(14)20)13-15-8-17(24-4)11-18(9-15)25-5/h6-12,23H,13H2,1-5H3. The maximum absolute atomic E-state index is 9.87. The molecule has 2 aromatic carbocycles. The summed E-state index contributed by atoms with van der Waals surface area (Å²) in [6, 6.07) is 11.5. The van der Waals surface area contributed by atoms with Crippen molar-refractivity contribution in [2.75, 3.05) is 19.1 Å². The third-order valence-electron chi connectivity index (χ3n) is 4.71. The number of nitrogens with zero attached hydrogens (tertiary/aromatic N) is 1. The maximum atomic E-state index is 9.87. The Kier molecular flexibility index (Phi) is 4.38. The number of aromatic hydroxyl groups is 1. The van der Waals surface area contributed by atoms with Gasteiger partial charge < -0.3 is 19.5 Å². The SMILES string of the molecule is COc1cc(CN2c3ccc(O)cc3C(C)=CC2(C)C)cc(OC)c1. The molecule has 4 nitrogen and oxygen atoms in total. The van der Waals surface area contributed by atoms with Crippen molar-refractivity contribution in [3.8, 4) is 17.2 Å². The fraction of sp³-hybridized carbons (Fsp3) is 0.333. The van der Waals surface area contributed by atoms with Crippen molar-refractivity contribution < 1.29 is 14.6 Å². The summed E-state index contributed by atoms with van der Waals surface area (Å²) < 4.78 is 10.8. The molecule has 0 spiro atoms. The zero-order valence-corrected chi connectivity index (χ0v) is 15.5. The highest BCUT2D eigenvalue weighted by Crippen LogP contribution is 2.41. The second-order valence-corrected chi connectivity index (χ2v) is 6.99. The molecule has 0 atom stereocenters. The van der Waals surface area contributed by atoms with E-state index >= 15 is 0 Å². The molecule has 0 fully saturated rings. The van der Waals surface area contributed by atoms with Crippen LogP contribution >= 0.6 is 0 Å². The second kappa shape index (κ2) is 6.36. The number of fused-ring (bicyclic) bond motifs is 1. The summed E-state index contributed by atoms with van der Waals surface area (Å²) >= 11 is 0. The molecule has 3 rings (SSSR count). The molecule has 1 aliphatic rings. The number of phenolic OH excluding ortho intramolecular Hbond substituents is 1. The summed E-state index contributed by atoms with van der Waals surface area (Å²) in [7, 11) is 3.32. The van der Waals surface area contributed by atoms with Crippen LogP contribution in [0.1, 0.15) is 31.9 Å². The molecule has 4 heteroatoms. The highest BCUT2D eigenvalue weighted by Gasteiger charge is 2.31. The molecule has 0 saturated heterocycles. The molecule has 25 heavy (non-hydrogen) atoms. The summed E-state index contributed by atoms with van der Waals surface area (Å²) in [5.41, 5.74) is 4.31. The van der Waals surface area contributed by atoms with Crippen molar-refractivity contribution >= 4 is 11.3 Å². The number of rotatable bonds is 4. The molecule has 0 saturated carbocycles. The number of anilines is 1. The molecule has 1 aliphatic heterocycles. The second-order valence-electron chi connectivity index (χ2n) is 6.99. The van der Waals surface area contributed by atoms with Crippen LogP contribution in [0, 0.1) is 0 Å². The summed E-state index contributed by atoms with van der Waals surface area (Å²) in [5, 5.41) is 9.87. The van der Waals surface area contributed by atoms with Gasteiger partial charge in [0.05, 0.1) is 19.8 Å². The lowest BCUT2D eigenvalue weighted by Crippen LogP contribution is -2.44. The molecule has 0 unspecified atom stereocenters. The van der Waals surface area contributed by atoms with Crippen LogP contribution in [0.3, 0.4) is 0 Å². The summed E-state index contributed by atoms with van der Waals surface area (Å²) in [5.74, 6) is 1.85. The predicted octanol–water partition coefficient (Wildman–Crippen LogP) is 4.61. The third kappa shape index (κ3) is 3.29. The molecule has 2 aromatic rings. The number of hydrogen-bond acceptors (Lipinski definition) is 4. The molecule has 1 N–H and O–H groups in total. The Morgan fingerprint density at radius 3 is 2.24 bits per heavy atom. The molecule has 0 amide bonds. The Hall–Kier alpha value is -2.62. The number of hydrogen-bond donors (Lipinski definition) is 1. The minimum atomic E-state index is -0.148. The van der Waals surface area contributed by atoms with Gasteiger partial charge in [0.15, 0.2) is 0 Å². The van der Waals surface area contributed by atoms with Gasteiger partial charge in [0, 0.05) is 23.9 Å². The minimum absolute atomic E-state index is 0.148. The van der Waals surface area contributed by atoms with Gasteiger partial charge in [-0.05, 0) is 62.2 Å². The lowest BCUT2D eigenvalue weighted by molar-refractivity contribution is 0.393. The number of phenols is 1. The van der Waals surface area contributed by atoms with Crippen molar-refractivity contribution in [2.45, 2.75) is 32.9 Å². The van der Waals surface area contributed by atoms with Crippen LogP contribution in [0.15, 0.2) is 42.5 Å². The van der Waals surface area contributed by atoms with Crippen LogP contribution in [0.4, 0.5) is 5.69 Å². The van der Waals surface area contributed by atoms with Crippen molar-refractivity contribution in [1.29, 1.82) is 0 Å². The van der Waals surface area contributed by atoms with Crippen LogP contribution < -0.4 is 14.4 Å². The van der Waals surface area contributed by atoms with E-state index in [9.17, 15) is 5.11 Å². The van der Waals surface area contributed by atoms with E-state index in [0.29, 0.717) is 6.54 Å². The molecule has 0 aliphatic carbocycles. The molecular formula is C21H25NO3. The maximum Gasteiger partial charge on any atom is 0.122 e. The normalized spacial score (nSPS) is 15.4. The molecule has 0 bridgehead atoms. The van der Waals surface area contributed by atoms with E-state index in [-0.39, 0.29) is 11.3 Å². The van der Waals surface area contributed by atoms with Gasteiger partial charge in [-0.15, -0.1) is 0 Å². The average Bonchev–Trinajstić information content (AvgIpc) is 2.58. The minimum Gasteiger partial charge on any atom is -0.508 e. The van der Waals surface area contributed by atoms with Crippen LogP contribution in [-0.4, -0.2) is 24.9 Å². The first-order valence-corrected chi connectivity index (χ1v) is 8.36. The summed E-state index contributed by atoms with van der Waals surface area (Å²) in [6.07, 6.45) is 2.24. The number of benzene rings is 2. The van der Waals surface area contributed by atoms with Crippen LogP contribution in [0.2, 0.25) is 0 Å². The van der Waals surface area contributed by atoms with Gasteiger partial charge in [-0.2, -0.15) is 0 Å². The van der Waals surface area contributed by atoms with E-state index in [4.69, 9.17) is 9.47 Å². The molecule has 132 valence electrons. The Bertz CT molecular complexity index is 802. The first kappa shape index (κ1) is 17.2. The smallest absolute Gasteiger partial charge is 0.122 e. The van der Waals surface area contributed by atoms with E-state index in [2.05, 4.69) is 31.7 Å². The highest BCUT2D eigenvalue weighted by molar-refractivity contribution is 5.82. The molecule has 0 radical (unpaired) electrons. The van der Waals surface area contributed by atoms with Gasteiger partial charge in [-0.3, -0.25) is 0 Å². The quantitative estimate of drug-likeness (QED) is 0.883. The van der Waals surface area contributed by atoms with Gasteiger partial charge in [0.25, 0.3) is 0 Å². The van der Waals surface area contributed by atoms with E-state index in [1.54, 1.807) is 20.3 Å². The van der Waals surface area contributed by atoms with Crippen LogP contribution in [-0.2, 0) is 6.54 Å². The fourth-order valence-electron chi connectivity index (χ4n) is 3.50. The summed E-state index contributed by atoms with van der Waals surface area (Å²) in [6.45, 7) is 7.20. The van der Waals surface area contributed by atoms with Crippen molar-refractivity contribution in [2.24, 2.45) is 0 Å². The van der Waals surface area contributed by atoms with E-state index < -0.39 is 0 Å². The molecule has 1 heterocycles.